The molecule has 0 spiro atoms. The van der Waals surface area contributed by atoms with Gasteiger partial charge in [-0.05, 0) is 64.5 Å². The average molecular weight is 592 g/mol. The Hall–Kier alpha value is -4.07. The highest BCUT2D eigenvalue weighted by Gasteiger charge is 2.54. The van der Waals surface area contributed by atoms with E-state index in [0.29, 0.717) is 24.2 Å². The van der Waals surface area contributed by atoms with Gasteiger partial charge in [0, 0.05) is 25.2 Å². The summed E-state index contributed by atoms with van der Waals surface area (Å²) in [6.45, 7) is 7.28. The molecular formula is C28H45N7O7. The molecule has 1 aromatic rings. The van der Waals surface area contributed by atoms with Gasteiger partial charge in [-0.3, -0.25) is 34.9 Å². The fraction of sp³-hybridized carbons (Fsp3) is 0.607. The number of carbonyl (C=O) groups is 5. The van der Waals surface area contributed by atoms with E-state index in [9.17, 15) is 24.3 Å². The van der Waals surface area contributed by atoms with Crippen molar-refractivity contribution in [3.63, 3.8) is 0 Å². The molecule has 0 unspecified atom stereocenters. The standard InChI is InChI=1S/C19H33N3O4.C7H8N4O.C2H4O2/c1-18(2,3)21-15(23)12-20-13-16(24)22-11-7-10-19(22,17(25)26)14-8-5-4-6-9-14;8-6(9)5-2-1-4(3-11-5)7(10)12;1-2(3)4/h14,20H,4-13H2,1-3H3,(H,21,23)(H,25,26);1-3H,(H3,8,9)(H2,10,12);1H3,(H,3,4)/t19-;;/m1../s1. The molecule has 14 nitrogen and oxygen atoms in total. The van der Waals surface area contributed by atoms with Gasteiger partial charge >= 0.3 is 5.97 Å². The monoisotopic (exact) mass is 591 g/mol. The van der Waals surface area contributed by atoms with Gasteiger partial charge in [-0.15, -0.1) is 0 Å². The lowest BCUT2D eigenvalue weighted by Gasteiger charge is -2.42. The van der Waals surface area contributed by atoms with Crippen LogP contribution in [0.2, 0.25) is 0 Å². The Morgan fingerprint density at radius 3 is 2.10 bits per heavy atom. The molecule has 0 bridgehead atoms. The molecule has 234 valence electrons. The number of nitrogens with zero attached hydrogens (tertiary/aromatic N) is 2. The molecule has 3 rings (SSSR count). The van der Waals surface area contributed by atoms with Gasteiger partial charge in [-0.1, -0.05) is 19.3 Å². The molecule has 42 heavy (non-hydrogen) atoms. The zero-order chi connectivity index (χ0) is 32.1. The van der Waals surface area contributed by atoms with Crippen LogP contribution >= 0.6 is 0 Å². The molecule has 1 aliphatic carbocycles. The van der Waals surface area contributed by atoms with E-state index in [4.69, 9.17) is 26.8 Å². The number of carboxylic acids is 2. The maximum atomic E-state index is 12.7. The number of nitrogens with one attached hydrogen (secondary N) is 3. The van der Waals surface area contributed by atoms with E-state index < -0.39 is 23.4 Å². The second kappa shape index (κ2) is 16.4. The molecule has 1 atom stereocenters. The van der Waals surface area contributed by atoms with Crippen LogP contribution in [0, 0.1) is 11.3 Å². The van der Waals surface area contributed by atoms with Gasteiger partial charge < -0.3 is 31.9 Å². The molecule has 1 saturated carbocycles. The van der Waals surface area contributed by atoms with Crippen molar-refractivity contribution in [2.45, 2.75) is 83.7 Å². The highest BCUT2D eigenvalue weighted by atomic mass is 16.4. The molecule has 1 saturated heterocycles. The molecule has 14 heteroatoms. The minimum Gasteiger partial charge on any atom is -0.481 e. The van der Waals surface area contributed by atoms with Crippen molar-refractivity contribution in [3.8, 4) is 0 Å². The van der Waals surface area contributed by atoms with Gasteiger partial charge in [0.25, 0.3) is 5.97 Å². The fourth-order valence-electron chi connectivity index (χ4n) is 5.13. The first kappa shape index (κ1) is 36.0. The number of hydrogen-bond donors (Lipinski definition) is 7. The lowest BCUT2D eigenvalue weighted by Crippen LogP contribution is -2.59. The number of aliphatic carboxylic acids is 2. The van der Waals surface area contributed by atoms with Crippen LogP contribution in [-0.4, -0.2) is 86.3 Å². The van der Waals surface area contributed by atoms with E-state index in [1.165, 1.54) is 18.3 Å². The van der Waals surface area contributed by atoms with Gasteiger partial charge in [0.15, 0.2) is 0 Å². The van der Waals surface area contributed by atoms with Crippen LogP contribution in [0.25, 0.3) is 0 Å². The quantitative estimate of drug-likeness (QED) is 0.167. The number of primary amides is 1. The van der Waals surface area contributed by atoms with Crippen molar-refractivity contribution in [1.29, 1.82) is 5.41 Å². The molecule has 0 aromatic carbocycles. The van der Waals surface area contributed by atoms with E-state index >= 15 is 0 Å². The topological polar surface area (TPSA) is 242 Å². The van der Waals surface area contributed by atoms with Crippen LogP contribution < -0.4 is 22.1 Å². The van der Waals surface area contributed by atoms with Crippen molar-refractivity contribution in [3.05, 3.63) is 29.6 Å². The summed E-state index contributed by atoms with van der Waals surface area (Å²) in [6.07, 6.45) is 7.50. The molecule has 3 amide bonds. The minimum atomic E-state index is -1.06. The second-order valence-corrected chi connectivity index (χ2v) is 11.3. The van der Waals surface area contributed by atoms with Crippen molar-refractivity contribution in [2.75, 3.05) is 19.6 Å². The minimum absolute atomic E-state index is 0.0146. The first-order valence-electron chi connectivity index (χ1n) is 13.9. The summed E-state index contributed by atoms with van der Waals surface area (Å²) in [7, 11) is 0. The number of nitrogens with two attached hydrogens (primary N) is 2. The summed E-state index contributed by atoms with van der Waals surface area (Å²) in [5, 5.41) is 30.1. The number of amidine groups is 1. The summed E-state index contributed by atoms with van der Waals surface area (Å²) in [6, 6.07) is 2.95. The normalized spacial score (nSPS) is 18.4. The predicted octanol–water partition coefficient (Wildman–Crippen LogP) is 1.07. The van der Waals surface area contributed by atoms with Crippen LogP contribution in [0.15, 0.2) is 18.3 Å². The Bertz CT molecular complexity index is 1080. The smallest absolute Gasteiger partial charge is 0.329 e. The van der Waals surface area contributed by atoms with E-state index in [-0.39, 0.29) is 42.2 Å². The molecule has 1 aromatic heterocycles. The zero-order valence-electron chi connectivity index (χ0n) is 24.9. The predicted molar refractivity (Wildman–Crippen MR) is 156 cm³/mol. The maximum Gasteiger partial charge on any atom is 0.329 e. The zero-order valence-corrected chi connectivity index (χ0v) is 24.9. The maximum absolute atomic E-state index is 12.7. The number of nitrogen functional groups attached to an aromatic ring is 1. The Balaban J connectivity index is 0.000000455. The molecule has 2 aliphatic rings. The summed E-state index contributed by atoms with van der Waals surface area (Å²) in [5.41, 5.74) is 9.37. The van der Waals surface area contributed by atoms with Crippen LogP contribution in [0.5, 0.6) is 0 Å². The van der Waals surface area contributed by atoms with Crippen LogP contribution in [0.3, 0.4) is 0 Å². The van der Waals surface area contributed by atoms with Crippen LogP contribution in [-0.2, 0) is 19.2 Å². The SMILES string of the molecule is CC(=O)O.CC(C)(C)NC(=O)CNCC(=O)N1CCC[C@]1(C(=O)O)C1CCCCC1.N=C(N)c1ccc(C(N)=O)cn1. The van der Waals surface area contributed by atoms with Gasteiger partial charge in [0.1, 0.15) is 17.1 Å². The number of carbonyl (C=O) groups excluding carboxylic acids is 3. The summed E-state index contributed by atoms with van der Waals surface area (Å²) in [5.74, 6) is -2.75. The number of aromatic nitrogens is 1. The number of hydrogen-bond acceptors (Lipinski definition) is 8. The van der Waals surface area contributed by atoms with E-state index in [1.54, 1.807) is 4.90 Å². The Labute approximate surface area is 246 Å². The Morgan fingerprint density at radius 1 is 1.05 bits per heavy atom. The Morgan fingerprint density at radius 2 is 1.64 bits per heavy atom. The van der Waals surface area contributed by atoms with E-state index in [1.807, 2.05) is 20.8 Å². The third-order valence-electron chi connectivity index (χ3n) is 6.77. The van der Waals surface area contributed by atoms with Gasteiger partial charge in [0.2, 0.25) is 17.7 Å². The number of amides is 3. The summed E-state index contributed by atoms with van der Waals surface area (Å²) < 4.78 is 0. The fourth-order valence-corrected chi connectivity index (χ4v) is 5.13. The van der Waals surface area contributed by atoms with E-state index in [0.717, 1.165) is 45.4 Å². The lowest BCUT2D eigenvalue weighted by molar-refractivity contribution is -0.161. The van der Waals surface area contributed by atoms with E-state index in [2.05, 4.69) is 15.6 Å². The van der Waals surface area contributed by atoms with Gasteiger partial charge in [-0.25, -0.2) is 4.79 Å². The largest absolute Gasteiger partial charge is 0.481 e. The third kappa shape index (κ3) is 11.4. The molecule has 2 heterocycles. The van der Waals surface area contributed by atoms with Crippen LogP contribution in [0.1, 0.15) is 88.7 Å². The first-order chi connectivity index (χ1) is 19.5. The number of carboxylic acid groups (broad SMARTS) is 2. The van der Waals surface area contributed by atoms with Crippen molar-refractivity contribution >= 4 is 35.5 Å². The average Bonchev–Trinajstić information content (AvgIpc) is 3.35. The van der Waals surface area contributed by atoms with Crippen molar-refractivity contribution < 1.29 is 34.2 Å². The summed E-state index contributed by atoms with van der Waals surface area (Å²) >= 11 is 0. The summed E-state index contributed by atoms with van der Waals surface area (Å²) in [4.78, 5) is 61.7. The highest BCUT2D eigenvalue weighted by molar-refractivity contribution is 5.95. The second-order valence-electron chi connectivity index (χ2n) is 11.3. The molecule has 1 aliphatic heterocycles. The van der Waals surface area contributed by atoms with Crippen molar-refractivity contribution in [2.24, 2.45) is 17.4 Å². The number of likely N-dealkylation sites (tertiary alicyclic amines) is 1. The number of pyridine rings is 1. The van der Waals surface area contributed by atoms with Gasteiger partial charge in [-0.2, -0.15) is 0 Å². The molecule has 9 N–H and O–H groups in total. The third-order valence-corrected chi connectivity index (χ3v) is 6.77. The molecular weight excluding hydrogens is 546 g/mol. The van der Waals surface area contributed by atoms with Crippen LogP contribution in [0.4, 0.5) is 0 Å². The Kier molecular flexibility index (Phi) is 14.0. The highest BCUT2D eigenvalue weighted by Crippen LogP contribution is 2.43. The van der Waals surface area contributed by atoms with Gasteiger partial charge in [0.05, 0.1) is 18.7 Å². The molecule has 0 radical (unpaired) electrons. The molecule has 2 fully saturated rings. The first-order valence-corrected chi connectivity index (χ1v) is 13.9. The van der Waals surface area contributed by atoms with Crippen molar-refractivity contribution in [1.82, 2.24) is 20.5 Å². The lowest BCUT2D eigenvalue weighted by atomic mass is 9.73. The number of rotatable bonds is 8.